The molecule has 0 amide bonds. The van der Waals surface area contributed by atoms with Crippen LogP contribution in [0.5, 0.6) is 0 Å². The van der Waals surface area contributed by atoms with Gasteiger partial charge in [-0.2, -0.15) is 5.26 Å². The monoisotopic (exact) mass is 275 g/mol. The quantitative estimate of drug-likeness (QED) is 0.297. The number of ketones is 1. The van der Waals surface area contributed by atoms with Crippen molar-refractivity contribution in [3.63, 3.8) is 0 Å². The second-order valence-corrected chi connectivity index (χ2v) is 5.07. The van der Waals surface area contributed by atoms with Gasteiger partial charge in [0.15, 0.2) is 11.5 Å². The predicted octanol–water partition coefficient (Wildman–Crippen LogP) is 2.40. The SMILES string of the molecule is CC(C)(C)C(=O)C(C#N)=C(O)c1cc([N+](=O)[O-])ccn1. The van der Waals surface area contributed by atoms with Gasteiger partial charge in [0.2, 0.25) is 0 Å². The molecule has 0 bridgehead atoms. The smallest absolute Gasteiger partial charge is 0.273 e. The minimum absolute atomic E-state index is 0.187. The number of Topliss-reactive ketones (excluding diaryl/α,β-unsaturated/α-hetero) is 1. The standard InChI is InChI=1S/C13H13N3O4/c1-13(2,3)12(18)9(7-14)11(17)10-6-8(16(19)20)4-5-15-10/h4-6,17H,1-3H3. The third-order valence-corrected chi connectivity index (χ3v) is 2.45. The van der Waals surface area contributed by atoms with Gasteiger partial charge in [0.25, 0.3) is 5.69 Å². The van der Waals surface area contributed by atoms with Crippen molar-refractivity contribution in [2.45, 2.75) is 20.8 Å². The predicted molar refractivity (Wildman–Crippen MR) is 70.5 cm³/mol. The van der Waals surface area contributed by atoms with Gasteiger partial charge in [-0.05, 0) is 0 Å². The van der Waals surface area contributed by atoms with E-state index in [0.29, 0.717) is 0 Å². The van der Waals surface area contributed by atoms with Crippen molar-refractivity contribution in [1.29, 1.82) is 5.26 Å². The number of hydrogen-bond donors (Lipinski definition) is 1. The molecular formula is C13H13N3O4. The van der Waals surface area contributed by atoms with Gasteiger partial charge in [-0.1, -0.05) is 20.8 Å². The number of nitrogens with zero attached hydrogens (tertiary/aromatic N) is 3. The Morgan fingerprint density at radius 1 is 1.50 bits per heavy atom. The Morgan fingerprint density at radius 3 is 2.55 bits per heavy atom. The molecule has 7 nitrogen and oxygen atoms in total. The van der Waals surface area contributed by atoms with Crippen LogP contribution in [0.3, 0.4) is 0 Å². The lowest BCUT2D eigenvalue weighted by Crippen LogP contribution is -2.22. The Hall–Kier alpha value is -2.75. The first-order chi connectivity index (χ1) is 9.18. The van der Waals surface area contributed by atoms with E-state index in [-0.39, 0.29) is 11.4 Å². The molecule has 1 aromatic heterocycles. The number of allylic oxidation sites excluding steroid dienone is 1. The van der Waals surface area contributed by atoms with Crippen LogP contribution in [0, 0.1) is 26.9 Å². The van der Waals surface area contributed by atoms with E-state index in [2.05, 4.69) is 4.98 Å². The second kappa shape index (κ2) is 5.48. The summed E-state index contributed by atoms with van der Waals surface area (Å²) in [4.78, 5) is 25.8. The Bertz CT molecular complexity index is 636. The highest BCUT2D eigenvalue weighted by atomic mass is 16.6. The van der Waals surface area contributed by atoms with Crippen LogP contribution in [-0.4, -0.2) is 20.8 Å². The fourth-order valence-electron chi connectivity index (χ4n) is 1.38. The number of aromatic nitrogens is 1. The first kappa shape index (κ1) is 15.3. The van der Waals surface area contributed by atoms with Crippen molar-refractivity contribution in [2.24, 2.45) is 5.41 Å². The summed E-state index contributed by atoms with van der Waals surface area (Å²) in [5.74, 6) is -1.22. The summed E-state index contributed by atoms with van der Waals surface area (Å²) in [6.45, 7) is 4.79. The topological polar surface area (TPSA) is 117 Å². The van der Waals surface area contributed by atoms with E-state index in [1.54, 1.807) is 26.8 Å². The molecule has 1 aromatic rings. The van der Waals surface area contributed by atoms with Crippen molar-refractivity contribution >= 4 is 17.2 Å². The van der Waals surface area contributed by atoms with Gasteiger partial charge in [0.1, 0.15) is 17.3 Å². The zero-order chi connectivity index (χ0) is 15.5. The van der Waals surface area contributed by atoms with Gasteiger partial charge >= 0.3 is 0 Å². The molecule has 0 atom stereocenters. The van der Waals surface area contributed by atoms with Crippen LogP contribution in [0.4, 0.5) is 5.69 Å². The van der Waals surface area contributed by atoms with Crippen LogP contribution in [0.15, 0.2) is 23.9 Å². The van der Waals surface area contributed by atoms with Crippen LogP contribution in [0.25, 0.3) is 5.76 Å². The van der Waals surface area contributed by atoms with Crippen LogP contribution in [-0.2, 0) is 4.79 Å². The molecule has 0 fully saturated rings. The van der Waals surface area contributed by atoms with E-state index in [4.69, 9.17) is 5.26 Å². The van der Waals surface area contributed by atoms with E-state index in [0.717, 1.165) is 18.3 Å². The molecule has 1 rings (SSSR count). The van der Waals surface area contributed by atoms with Crippen molar-refractivity contribution < 1.29 is 14.8 Å². The fourth-order valence-corrected chi connectivity index (χ4v) is 1.38. The van der Waals surface area contributed by atoms with Crippen molar-refractivity contribution in [3.8, 4) is 6.07 Å². The highest BCUT2D eigenvalue weighted by Gasteiger charge is 2.28. The summed E-state index contributed by atoms with van der Waals surface area (Å²) >= 11 is 0. The third kappa shape index (κ3) is 3.17. The summed E-state index contributed by atoms with van der Waals surface area (Å²) in [6.07, 6.45) is 1.13. The van der Waals surface area contributed by atoms with Gasteiger partial charge < -0.3 is 5.11 Å². The van der Waals surface area contributed by atoms with Gasteiger partial charge in [-0.3, -0.25) is 19.9 Å². The largest absolute Gasteiger partial charge is 0.504 e. The number of nitro groups is 1. The van der Waals surface area contributed by atoms with Gasteiger partial charge in [0, 0.05) is 23.7 Å². The number of hydrogen-bond acceptors (Lipinski definition) is 6. The molecule has 0 aromatic carbocycles. The molecule has 0 radical (unpaired) electrons. The molecule has 1 heterocycles. The number of aliphatic hydroxyl groups excluding tert-OH is 1. The molecule has 0 saturated carbocycles. The number of carbonyl (C=O) groups excluding carboxylic acids is 1. The minimum atomic E-state index is -0.861. The first-order valence-corrected chi connectivity index (χ1v) is 5.67. The molecule has 20 heavy (non-hydrogen) atoms. The van der Waals surface area contributed by atoms with Crippen LogP contribution >= 0.6 is 0 Å². The number of aliphatic hydroxyl groups is 1. The zero-order valence-electron chi connectivity index (χ0n) is 11.2. The molecule has 1 N–H and O–H groups in total. The van der Waals surface area contributed by atoms with E-state index < -0.39 is 27.5 Å². The van der Waals surface area contributed by atoms with Crippen molar-refractivity contribution in [2.75, 3.05) is 0 Å². The zero-order valence-corrected chi connectivity index (χ0v) is 11.2. The summed E-state index contributed by atoms with van der Waals surface area (Å²) < 4.78 is 0. The second-order valence-electron chi connectivity index (χ2n) is 5.07. The molecule has 0 aliphatic rings. The lowest BCUT2D eigenvalue weighted by atomic mass is 9.86. The summed E-state index contributed by atoms with van der Waals surface area (Å²) in [6, 6.07) is 3.78. The molecule has 0 aliphatic carbocycles. The van der Waals surface area contributed by atoms with E-state index in [1.165, 1.54) is 0 Å². The van der Waals surface area contributed by atoms with E-state index in [1.807, 2.05) is 0 Å². The number of pyridine rings is 1. The van der Waals surface area contributed by atoms with Gasteiger partial charge in [-0.15, -0.1) is 0 Å². The van der Waals surface area contributed by atoms with Crippen LogP contribution in [0.2, 0.25) is 0 Å². The first-order valence-electron chi connectivity index (χ1n) is 5.67. The minimum Gasteiger partial charge on any atom is -0.504 e. The number of carbonyl (C=O) groups is 1. The Balaban J connectivity index is 3.39. The Labute approximate surface area is 115 Å². The molecule has 7 heteroatoms. The average molecular weight is 275 g/mol. The molecule has 0 saturated heterocycles. The normalized spacial score (nSPS) is 12.3. The van der Waals surface area contributed by atoms with E-state index in [9.17, 15) is 20.0 Å². The lowest BCUT2D eigenvalue weighted by molar-refractivity contribution is -0.385. The number of rotatable bonds is 3. The van der Waals surface area contributed by atoms with Crippen molar-refractivity contribution in [1.82, 2.24) is 4.98 Å². The molecule has 104 valence electrons. The maximum absolute atomic E-state index is 12.0. The Kier molecular flexibility index (Phi) is 4.20. The highest BCUT2D eigenvalue weighted by Crippen LogP contribution is 2.25. The summed E-state index contributed by atoms with van der Waals surface area (Å²) in [7, 11) is 0. The maximum atomic E-state index is 12.0. The lowest BCUT2D eigenvalue weighted by Gasteiger charge is -2.16. The highest BCUT2D eigenvalue weighted by molar-refractivity contribution is 6.07. The van der Waals surface area contributed by atoms with E-state index >= 15 is 0 Å². The molecular weight excluding hydrogens is 262 g/mol. The number of nitriles is 1. The van der Waals surface area contributed by atoms with Crippen molar-refractivity contribution in [3.05, 3.63) is 39.7 Å². The fraction of sp³-hybridized carbons (Fsp3) is 0.308. The third-order valence-electron chi connectivity index (χ3n) is 2.45. The van der Waals surface area contributed by atoms with Gasteiger partial charge in [0.05, 0.1) is 4.92 Å². The summed E-state index contributed by atoms with van der Waals surface area (Å²) in [5, 5.41) is 29.6. The average Bonchev–Trinajstić information content (AvgIpc) is 2.38. The summed E-state index contributed by atoms with van der Waals surface area (Å²) in [5.41, 5.74) is -1.80. The Morgan fingerprint density at radius 2 is 2.10 bits per heavy atom. The van der Waals surface area contributed by atoms with Crippen LogP contribution < -0.4 is 0 Å². The maximum Gasteiger partial charge on any atom is 0.273 e. The molecule has 0 aliphatic heterocycles. The van der Waals surface area contributed by atoms with Crippen LogP contribution in [0.1, 0.15) is 26.5 Å². The van der Waals surface area contributed by atoms with Gasteiger partial charge in [-0.25, -0.2) is 0 Å². The molecule has 0 spiro atoms. The molecule has 0 unspecified atom stereocenters.